The molecule has 1 aliphatic heterocycles. The predicted molar refractivity (Wildman–Crippen MR) is 140 cm³/mol. The zero-order chi connectivity index (χ0) is 26.8. The second kappa shape index (κ2) is 14.0. The number of carbonyl (C=O) groups excluding carboxylic acids is 1. The van der Waals surface area contributed by atoms with Crippen LogP contribution in [0.3, 0.4) is 0 Å². The summed E-state index contributed by atoms with van der Waals surface area (Å²) in [5, 5.41) is 31.1. The van der Waals surface area contributed by atoms with E-state index in [2.05, 4.69) is 21.9 Å². The van der Waals surface area contributed by atoms with E-state index in [9.17, 15) is 24.9 Å². The maximum absolute atomic E-state index is 13.5. The Bertz CT molecular complexity index is 1060. The van der Waals surface area contributed by atoms with Crippen LogP contribution in [0.1, 0.15) is 96.8 Å². The Labute approximate surface area is 217 Å². The minimum Gasteiger partial charge on any atom is -0.394 e. The van der Waals surface area contributed by atoms with Gasteiger partial charge in [-0.05, 0) is 6.42 Å². The standard InChI is InChI=1S/C26H43N5O6/c1-2-3-4-5-6-7-8-9-10-11-12-13-14-15-19(33)26(22(35)21(34)18(16-32)37-26)31-17-28-20-23(31)29-25(27)30-24(20)36/h17-18,21-22,32,34-35H,2-16H2,1H3,(H3,27,29,30,36)/t18-,21-,22-,26-/m1/s1. The molecule has 0 aromatic carbocycles. The monoisotopic (exact) mass is 521 g/mol. The summed E-state index contributed by atoms with van der Waals surface area (Å²) >= 11 is 0. The van der Waals surface area contributed by atoms with Gasteiger partial charge in [0.05, 0.1) is 6.61 Å². The Morgan fingerprint density at radius 1 is 1.05 bits per heavy atom. The number of hydrogen-bond donors (Lipinski definition) is 5. The number of nitrogens with two attached hydrogens (primary N) is 1. The summed E-state index contributed by atoms with van der Waals surface area (Å²) in [4.78, 5) is 36.2. The zero-order valence-corrected chi connectivity index (χ0v) is 21.9. The molecule has 0 unspecified atom stereocenters. The van der Waals surface area contributed by atoms with E-state index in [1.165, 1.54) is 64.1 Å². The highest BCUT2D eigenvalue weighted by molar-refractivity contribution is 5.88. The maximum Gasteiger partial charge on any atom is 0.280 e. The van der Waals surface area contributed by atoms with Crippen LogP contribution >= 0.6 is 0 Å². The molecule has 1 aliphatic rings. The highest BCUT2D eigenvalue weighted by Crippen LogP contribution is 2.39. The number of fused-ring (bicyclic) bond motifs is 1. The fraction of sp³-hybridized carbons (Fsp3) is 0.769. The number of imidazole rings is 1. The Morgan fingerprint density at radius 2 is 1.62 bits per heavy atom. The molecule has 0 spiro atoms. The van der Waals surface area contributed by atoms with Gasteiger partial charge in [-0.2, -0.15) is 4.98 Å². The van der Waals surface area contributed by atoms with E-state index >= 15 is 0 Å². The van der Waals surface area contributed by atoms with E-state index < -0.39 is 42.0 Å². The zero-order valence-electron chi connectivity index (χ0n) is 21.9. The van der Waals surface area contributed by atoms with Gasteiger partial charge in [-0.3, -0.25) is 19.1 Å². The van der Waals surface area contributed by atoms with Crippen LogP contribution in [0.25, 0.3) is 11.2 Å². The molecule has 1 fully saturated rings. The van der Waals surface area contributed by atoms with Crippen molar-refractivity contribution in [3.8, 4) is 0 Å². The number of anilines is 1. The summed E-state index contributed by atoms with van der Waals surface area (Å²) in [6.07, 6.45) is 12.0. The van der Waals surface area contributed by atoms with Crippen LogP contribution in [0.2, 0.25) is 0 Å². The molecule has 0 radical (unpaired) electrons. The third-order valence-corrected chi connectivity index (χ3v) is 7.31. The number of carbonyl (C=O) groups is 1. The fourth-order valence-electron chi connectivity index (χ4n) is 5.17. The molecule has 0 bridgehead atoms. The lowest BCUT2D eigenvalue weighted by Gasteiger charge is -2.32. The fourth-order valence-corrected chi connectivity index (χ4v) is 5.17. The molecule has 2 aromatic heterocycles. The van der Waals surface area contributed by atoms with Crippen LogP contribution in [0.4, 0.5) is 5.95 Å². The van der Waals surface area contributed by atoms with Gasteiger partial charge in [0.25, 0.3) is 5.56 Å². The van der Waals surface area contributed by atoms with Crippen molar-refractivity contribution in [1.29, 1.82) is 0 Å². The average molecular weight is 522 g/mol. The lowest BCUT2D eigenvalue weighted by Crippen LogP contribution is -2.51. The van der Waals surface area contributed by atoms with Gasteiger partial charge in [0.1, 0.15) is 24.6 Å². The van der Waals surface area contributed by atoms with E-state index in [4.69, 9.17) is 10.5 Å². The maximum atomic E-state index is 13.5. The Morgan fingerprint density at radius 3 is 2.16 bits per heavy atom. The first-order valence-electron chi connectivity index (χ1n) is 13.8. The number of ketones is 1. The molecule has 1 saturated heterocycles. The summed E-state index contributed by atoms with van der Waals surface area (Å²) in [6, 6.07) is 0. The lowest BCUT2D eigenvalue weighted by molar-refractivity contribution is -0.174. The molecule has 3 rings (SSSR count). The largest absolute Gasteiger partial charge is 0.394 e. The van der Waals surface area contributed by atoms with Gasteiger partial charge in [0.15, 0.2) is 16.9 Å². The van der Waals surface area contributed by atoms with Crippen LogP contribution in [-0.2, 0) is 15.3 Å². The van der Waals surface area contributed by atoms with E-state index in [1.807, 2.05) is 0 Å². The number of aromatic amines is 1. The quantitative estimate of drug-likeness (QED) is 0.196. The Balaban J connectivity index is 1.55. The molecule has 11 heteroatoms. The van der Waals surface area contributed by atoms with Crippen molar-refractivity contribution in [1.82, 2.24) is 19.5 Å². The molecule has 0 saturated carbocycles. The van der Waals surface area contributed by atoms with Gasteiger partial charge in [-0.15, -0.1) is 0 Å². The van der Waals surface area contributed by atoms with Crippen LogP contribution in [0, 0.1) is 0 Å². The van der Waals surface area contributed by atoms with Gasteiger partial charge in [0.2, 0.25) is 11.7 Å². The number of hydrogen-bond acceptors (Lipinski definition) is 9. The average Bonchev–Trinajstić information content (AvgIpc) is 3.41. The summed E-state index contributed by atoms with van der Waals surface area (Å²) in [7, 11) is 0. The molecule has 37 heavy (non-hydrogen) atoms. The summed E-state index contributed by atoms with van der Waals surface area (Å²) < 4.78 is 6.97. The summed E-state index contributed by atoms with van der Waals surface area (Å²) in [5.41, 5.74) is 2.87. The Hall–Kier alpha value is -2.34. The molecule has 11 nitrogen and oxygen atoms in total. The minimum atomic E-state index is -2.08. The molecular weight excluding hydrogens is 478 g/mol. The van der Waals surface area contributed by atoms with Gasteiger partial charge in [-0.25, -0.2) is 4.98 Å². The van der Waals surface area contributed by atoms with Gasteiger partial charge in [-0.1, -0.05) is 84.0 Å². The van der Waals surface area contributed by atoms with Crippen molar-refractivity contribution in [3.63, 3.8) is 0 Å². The van der Waals surface area contributed by atoms with Crippen molar-refractivity contribution >= 4 is 22.9 Å². The minimum absolute atomic E-state index is 0.0511. The van der Waals surface area contributed by atoms with Gasteiger partial charge >= 0.3 is 0 Å². The topological polar surface area (TPSA) is 177 Å². The number of Topliss-reactive ketones (excluding diaryl/α,β-unsaturated/α-hetero) is 1. The second-order valence-electron chi connectivity index (χ2n) is 10.1. The normalized spacial score (nSPS) is 23.7. The first-order chi connectivity index (χ1) is 17.9. The Kier molecular flexibility index (Phi) is 11.0. The van der Waals surface area contributed by atoms with Gasteiger partial charge in [0, 0.05) is 6.42 Å². The molecule has 208 valence electrons. The first-order valence-corrected chi connectivity index (χ1v) is 13.8. The molecule has 3 heterocycles. The van der Waals surface area contributed by atoms with Crippen LogP contribution in [0.15, 0.2) is 11.1 Å². The number of aromatic nitrogens is 4. The van der Waals surface area contributed by atoms with Crippen molar-refractivity contribution in [2.75, 3.05) is 12.3 Å². The molecule has 4 atom stereocenters. The van der Waals surface area contributed by atoms with E-state index in [-0.39, 0.29) is 23.5 Å². The highest BCUT2D eigenvalue weighted by atomic mass is 16.6. The number of ether oxygens (including phenoxy) is 1. The second-order valence-corrected chi connectivity index (χ2v) is 10.1. The number of nitrogen functional groups attached to an aromatic ring is 1. The lowest BCUT2D eigenvalue weighted by atomic mass is 9.94. The van der Waals surface area contributed by atoms with Crippen molar-refractivity contribution in [2.24, 2.45) is 0 Å². The van der Waals surface area contributed by atoms with Crippen molar-refractivity contribution < 1.29 is 24.9 Å². The summed E-state index contributed by atoms with van der Waals surface area (Å²) in [5.74, 6) is -0.678. The number of aliphatic hydroxyl groups is 3. The molecule has 2 aromatic rings. The van der Waals surface area contributed by atoms with Crippen LogP contribution < -0.4 is 11.3 Å². The first kappa shape index (κ1) is 29.2. The number of nitrogens with zero attached hydrogens (tertiary/aromatic N) is 3. The number of H-pyrrole nitrogens is 1. The van der Waals surface area contributed by atoms with E-state index in [0.717, 1.165) is 23.8 Å². The number of unbranched alkanes of at least 4 members (excludes halogenated alkanes) is 12. The molecule has 0 aliphatic carbocycles. The van der Waals surface area contributed by atoms with Gasteiger partial charge < -0.3 is 25.8 Å². The van der Waals surface area contributed by atoms with Crippen molar-refractivity contribution in [2.45, 2.75) is 121 Å². The highest BCUT2D eigenvalue weighted by Gasteiger charge is 2.60. The number of rotatable bonds is 17. The number of aliphatic hydroxyl groups excluding tert-OH is 3. The van der Waals surface area contributed by atoms with Crippen LogP contribution in [-0.4, -0.2) is 65.5 Å². The molecule has 6 N–H and O–H groups in total. The van der Waals surface area contributed by atoms with E-state index in [0.29, 0.717) is 6.42 Å². The van der Waals surface area contributed by atoms with Crippen LogP contribution in [0.5, 0.6) is 0 Å². The molecular formula is C26H43N5O6. The third-order valence-electron chi connectivity index (χ3n) is 7.31. The SMILES string of the molecule is CCCCCCCCCCCCCCCC(=O)[C@@]1(n2cnc3c(=O)[nH]c(N)nc32)O[C@H](CO)[C@@H](O)[C@H]1O. The smallest absolute Gasteiger partial charge is 0.280 e. The van der Waals surface area contributed by atoms with Crippen molar-refractivity contribution in [3.05, 3.63) is 16.7 Å². The number of nitrogens with one attached hydrogen (secondary N) is 1. The third kappa shape index (κ3) is 6.76. The predicted octanol–water partition coefficient (Wildman–Crippen LogP) is 2.52. The van der Waals surface area contributed by atoms with E-state index in [1.54, 1.807) is 0 Å². The summed E-state index contributed by atoms with van der Waals surface area (Å²) in [6.45, 7) is 1.63. The molecule has 0 amide bonds.